The molecular weight excluding hydrogens is 282 g/mol. The van der Waals surface area contributed by atoms with Crippen molar-refractivity contribution in [1.82, 2.24) is 0 Å². The van der Waals surface area contributed by atoms with Gasteiger partial charge < -0.3 is 5.73 Å². The van der Waals surface area contributed by atoms with Crippen LogP contribution in [0.3, 0.4) is 0 Å². The summed E-state index contributed by atoms with van der Waals surface area (Å²) in [5.74, 6) is 1.61. The van der Waals surface area contributed by atoms with E-state index in [-0.39, 0.29) is 0 Å². The van der Waals surface area contributed by atoms with Crippen molar-refractivity contribution >= 4 is 27.3 Å². The second-order valence-electron chi connectivity index (χ2n) is 4.95. The molecule has 0 radical (unpaired) electrons. The molecule has 1 nitrogen and oxygen atoms in total. The monoisotopic (exact) mass is 301 g/mol. The fourth-order valence-electron chi connectivity index (χ4n) is 2.71. The lowest BCUT2D eigenvalue weighted by Crippen LogP contribution is -2.37. The first-order valence-corrected chi connectivity index (χ1v) is 7.84. The minimum absolute atomic E-state index is 0.420. The molecule has 1 fully saturated rings. The molecule has 0 bridgehead atoms. The number of rotatable bonds is 3. The van der Waals surface area contributed by atoms with Crippen molar-refractivity contribution in [3.05, 3.63) is 20.8 Å². The van der Waals surface area contributed by atoms with E-state index in [1.807, 2.05) is 11.3 Å². The highest BCUT2D eigenvalue weighted by Gasteiger charge is 2.27. The lowest BCUT2D eigenvalue weighted by atomic mass is 9.76. The van der Waals surface area contributed by atoms with E-state index >= 15 is 0 Å². The third-order valence-corrected chi connectivity index (χ3v) is 5.53. The number of nitrogens with two attached hydrogens (primary N) is 1. The minimum atomic E-state index is 0.420. The maximum Gasteiger partial charge on any atom is 0.0285 e. The average molecular weight is 302 g/mol. The largest absolute Gasteiger partial charge is 0.327 e. The van der Waals surface area contributed by atoms with Gasteiger partial charge in [-0.1, -0.05) is 13.3 Å². The van der Waals surface area contributed by atoms with Gasteiger partial charge in [0.25, 0.3) is 0 Å². The normalized spacial score (nSPS) is 30.6. The lowest BCUT2D eigenvalue weighted by molar-refractivity contribution is 0.228. The quantitative estimate of drug-likeness (QED) is 0.889. The Hall–Kier alpha value is 0.140. The van der Waals surface area contributed by atoms with Crippen LogP contribution in [0.2, 0.25) is 0 Å². The molecule has 3 unspecified atom stereocenters. The van der Waals surface area contributed by atoms with Gasteiger partial charge in [-0.15, -0.1) is 11.3 Å². The van der Waals surface area contributed by atoms with Crippen LogP contribution < -0.4 is 5.73 Å². The standard InChI is InChI=1S/C13H20BrNS/c1-2-9-3-4-13(15)10(5-9)6-12-7-11(14)8-16-12/h7-10,13H,2-6,15H2,1H3. The van der Waals surface area contributed by atoms with E-state index in [9.17, 15) is 0 Å². The van der Waals surface area contributed by atoms with Gasteiger partial charge in [-0.05, 0) is 59.5 Å². The van der Waals surface area contributed by atoms with Crippen LogP contribution in [0.15, 0.2) is 15.9 Å². The fraction of sp³-hybridized carbons (Fsp3) is 0.692. The topological polar surface area (TPSA) is 26.0 Å². The van der Waals surface area contributed by atoms with Gasteiger partial charge in [0.15, 0.2) is 0 Å². The second kappa shape index (κ2) is 5.65. The van der Waals surface area contributed by atoms with Crippen molar-refractivity contribution < 1.29 is 0 Å². The Bertz CT molecular complexity index is 336. The highest BCUT2D eigenvalue weighted by Crippen LogP contribution is 2.34. The van der Waals surface area contributed by atoms with E-state index in [1.165, 1.54) is 41.5 Å². The molecule has 1 aromatic heterocycles. The zero-order valence-electron chi connectivity index (χ0n) is 9.79. The maximum absolute atomic E-state index is 6.24. The molecular formula is C13H20BrNS. The molecule has 1 aliphatic rings. The average Bonchev–Trinajstić information content (AvgIpc) is 2.67. The lowest BCUT2D eigenvalue weighted by Gasteiger charge is -2.33. The van der Waals surface area contributed by atoms with E-state index in [4.69, 9.17) is 5.73 Å². The van der Waals surface area contributed by atoms with Gasteiger partial charge >= 0.3 is 0 Å². The highest BCUT2D eigenvalue weighted by molar-refractivity contribution is 9.10. The second-order valence-corrected chi connectivity index (χ2v) is 6.86. The minimum Gasteiger partial charge on any atom is -0.327 e. The smallest absolute Gasteiger partial charge is 0.0285 e. The van der Waals surface area contributed by atoms with Crippen molar-refractivity contribution in [2.75, 3.05) is 0 Å². The van der Waals surface area contributed by atoms with E-state index in [2.05, 4.69) is 34.3 Å². The molecule has 3 atom stereocenters. The van der Waals surface area contributed by atoms with Crippen LogP contribution in [0.4, 0.5) is 0 Å². The molecule has 0 aliphatic heterocycles. The van der Waals surface area contributed by atoms with Crippen molar-refractivity contribution in [3.8, 4) is 0 Å². The van der Waals surface area contributed by atoms with Crippen LogP contribution in [0.25, 0.3) is 0 Å². The summed E-state index contributed by atoms with van der Waals surface area (Å²) in [7, 11) is 0. The molecule has 0 aromatic carbocycles. The SMILES string of the molecule is CCC1CCC(N)C(Cc2cc(Br)cs2)C1. The molecule has 2 N–H and O–H groups in total. The molecule has 2 rings (SSSR count). The number of hydrogen-bond donors (Lipinski definition) is 1. The zero-order valence-corrected chi connectivity index (χ0v) is 12.2. The summed E-state index contributed by atoms with van der Waals surface area (Å²) in [6.07, 6.45) is 6.37. The first kappa shape index (κ1) is 12.6. The van der Waals surface area contributed by atoms with Crippen molar-refractivity contribution in [2.45, 2.75) is 45.1 Å². The summed E-state index contributed by atoms with van der Waals surface area (Å²) in [6.45, 7) is 2.31. The first-order valence-electron chi connectivity index (χ1n) is 6.17. The van der Waals surface area contributed by atoms with Crippen LogP contribution in [-0.2, 0) is 6.42 Å². The molecule has 3 heteroatoms. The Labute approximate surface area is 111 Å². The van der Waals surface area contributed by atoms with Crippen LogP contribution >= 0.6 is 27.3 Å². The van der Waals surface area contributed by atoms with Crippen molar-refractivity contribution in [1.29, 1.82) is 0 Å². The molecule has 1 aromatic rings. The number of halogens is 1. The third kappa shape index (κ3) is 3.08. The number of thiophene rings is 1. The van der Waals surface area contributed by atoms with E-state index in [1.54, 1.807) is 0 Å². The maximum atomic E-state index is 6.24. The Kier molecular flexibility index (Phi) is 4.45. The van der Waals surface area contributed by atoms with E-state index in [0.29, 0.717) is 12.0 Å². The summed E-state index contributed by atoms with van der Waals surface area (Å²) >= 11 is 5.37. The van der Waals surface area contributed by atoms with E-state index < -0.39 is 0 Å². The summed E-state index contributed by atoms with van der Waals surface area (Å²) in [4.78, 5) is 1.48. The van der Waals surface area contributed by atoms with Crippen molar-refractivity contribution in [3.63, 3.8) is 0 Å². The summed E-state index contributed by atoms with van der Waals surface area (Å²) in [5, 5.41) is 2.17. The fourth-order valence-corrected chi connectivity index (χ4v) is 4.25. The zero-order chi connectivity index (χ0) is 11.5. The van der Waals surface area contributed by atoms with Gasteiger partial charge in [-0.25, -0.2) is 0 Å². The van der Waals surface area contributed by atoms with Crippen LogP contribution in [0.1, 0.15) is 37.5 Å². The molecule has 0 spiro atoms. The Morgan fingerprint density at radius 2 is 2.31 bits per heavy atom. The molecule has 1 saturated carbocycles. The third-order valence-electron chi connectivity index (χ3n) is 3.81. The predicted molar refractivity (Wildman–Crippen MR) is 74.8 cm³/mol. The van der Waals surface area contributed by atoms with E-state index in [0.717, 1.165) is 5.92 Å². The van der Waals surface area contributed by atoms with Crippen LogP contribution in [0.5, 0.6) is 0 Å². The molecule has 90 valence electrons. The Morgan fingerprint density at radius 1 is 1.50 bits per heavy atom. The molecule has 0 amide bonds. The number of hydrogen-bond acceptors (Lipinski definition) is 2. The molecule has 1 heterocycles. The summed E-state index contributed by atoms with van der Waals surface area (Å²) < 4.78 is 1.21. The van der Waals surface area contributed by atoms with Gasteiger partial charge in [0.1, 0.15) is 0 Å². The Morgan fingerprint density at radius 3 is 2.94 bits per heavy atom. The highest BCUT2D eigenvalue weighted by atomic mass is 79.9. The Balaban J connectivity index is 1.96. The van der Waals surface area contributed by atoms with Crippen molar-refractivity contribution in [2.24, 2.45) is 17.6 Å². The van der Waals surface area contributed by atoms with Gasteiger partial charge in [-0.2, -0.15) is 0 Å². The molecule has 1 aliphatic carbocycles. The predicted octanol–water partition coefficient (Wildman–Crippen LogP) is 4.21. The van der Waals surface area contributed by atoms with Crippen LogP contribution in [-0.4, -0.2) is 6.04 Å². The first-order chi connectivity index (χ1) is 7.69. The van der Waals surface area contributed by atoms with Gasteiger partial charge in [0.2, 0.25) is 0 Å². The van der Waals surface area contributed by atoms with Crippen LogP contribution in [0, 0.1) is 11.8 Å². The summed E-state index contributed by atoms with van der Waals surface area (Å²) in [6, 6.07) is 2.66. The van der Waals surface area contributed by atoms with Gasteiger partial charge in [0.05, 0.1) is 0 Å². The van der Waals surface area contributed by atoms with Gasteiger partial charge in [-0.3, -0.25) is 0 Å². The van der Waals surface area contributed by atoms with Gasteiger partial charge in [0, 0.05) is 20.8 Å². The summed E-state index contributed by atoms with van der Waals surface area (Å²) in [5.41, 5.74) is 6.24. The molecule has 0 saturated heterocycles. The molecule has 16 heavy (non-hydrogen) atoms.